The van der Waals surface area contributed by atoms with Crippen LogP contribution < -0.4 is 0 Å². The van der Waals surface area contributed by atoms with Crippen molar-refractivity contribution in [2.75, 3.05) is 0 Å². The summed E-state index contributed by atoms with van der Waals surface area (Å²) >= 11 is 0. The average molecular weight is 232 g/mol. The topological polar surface area (TPSA) is 0 Å². The highest BCUT2D eigenvalue weighted by Gasteiger charge is 2.11. The van der Waals surface area contributed by atoms with Gasteiger partial charge in [0.1, 0.15) is 0 Å². The van der Waals surface area contributed by atoms with Gasteiger partial charge in [0.2, 0.25) is 0 Å². The van der Waals surface area contributed by atoms with Gasteiger partial charge in [-0.3, -0.25) is 0 Å². The molecule has 16 heavy (non-hydrogen) atoms. The van der Waals surface area contributed by atoms with Crippen LogP contribution in [-0.4, -0.2) is 8.07 Å². The molecule has 0 saturated carbocycles. The lowest BCUT2D eigenvalue weighted by Gasteiger charge is -2.15. The van der Waals surface area contributed by atoms with Gasteiger partial charge in [-0.1, -0.05) is 69.0 Å². The van der Waals surface area contributed by atoms with Crippen molar-refractivity contribution in [2.45, 2.75) is 45.8 Å². The van der Waals surface area contributed by atoms with Gasteiger partial charge in [0, 0.05) is 0 Å². The van der Waals surface area contributed by atoms with Crippen LogP contribution in [0.1, 0.15) is 31.7 Å². The molecule has 0 fully saturated rings. The molecule has 0 aromatic heterocycles. The Kier molecular flexibility index (Phi) is 5.00. The van der Waals surface area contributed by atoms with Crippen molar-refractivity contribution in [2.24, 2.45) is 0 Å². The summed E-state index contributed by atoms with van der Waals surface area (Å²) in [6.45, 7) is 9.47. The zero-order valence-corrected chi connectivity index (χ0v) is 12.1. The maximum Gasteiger partial charge on any atom is 0.0690 e. The van der Waals surface area contributed by atoms with Crippen molar-refractivity contribution in [3.8, 4) is 0 Å². The summed E-state index contributed by atoms with van der Waals surface area (Å²) in [5, 5.41) is 0. The first-order valence-corrected chi connectivity index (χ1v) is 9.88. The van der Waals surface area contributed by atoms with Crippen molar-refractivity contribution >= 4 is 13.6 Å². The van der Waals surface area contributed by atoms with Crippen LogP contribution >= 0.6 is 0 Å². The highest BCUT2D eigenvalue weighted by Crippen LogP contribution is 2.23. The fourth-order valence-electron chi connectivity index (χ4n) is 1.84. The average Bonchev–Trinajstić information content (AvgIpc) is 2.24. The number of benzene rings is 1. The Morgan fingerprint density at radius 2 is 1.75 bits per heavy atom. The van der Waals surface area contributed by atoms with E-state index in [0.29, 0.717) is 0 Å². The van der Waals surface area contributed by atoms with Gasteiger partial charge in [-0.15, -0.1) is 0 Å². The molecule has 1 aromatic rings. The first-order valence-electron chi connectivity index (χ1n) is 6.30. The second kappa shape index (κ2) is 6.05. The quantitative estimate of drug-likeness (QED) is 0.617. The molecule has 0 bridgehead atoms. The molecule has 0 radical (unpaired) electrons. The number of unbranched alkanes of at least 4 members (excludes halogenated alkanes) is 1. The van der Waals surface area contributed by atoms with Crippen LogP contribution in [0, 0.1) is 0 Å². The molecule has 0 atom stereocenters. The molecule has 88 valence electrons. The highest BCUT2D eigenvalue weighted by molar-refractivity contribution is 6.81. The van der Waals surface area contributed by atoms with E-state index in [0.717, 1.165) is 0 Å². The summed E-state index contributed by atoms with van der Waals surface area (Å²) in [5.74, 6) is 0. The molecule has 0 saturated heterocycles. The molecule has 0 N–H and O–H groups in total. The van der Waals surface area contributed by atoms with Gasteiger partial charge < -0.3 is 0 Å². The molecular weight excluding hydrogens is 208 g/mol. The molecule has 0 spiro atoms. The summed E-state index contributed by atoms with van der Waals surface area (Å²) in [6.07, 6.45) is 3.80. The van der Waals surface area contributed by atoms with E-state index in [1.54, 1.807) is 5.57 Å². The zero-order chi connectivity index (χ0) is 12.0. The monoisotopic (exact) mass is 232 g/mol. The maximum atomic E-state index is 2.55. The van der Waals surface area contributed by atoms with Gasteiger partial charge in [-0.2, -0.15) is 0 Å². The minimum Gasteiger partial charge on any atom is -0.0913 e. The molecule has 1 aromatic carbocycles. The lowest BCUT2D eigenvalue weighted by atomic mass is 10.0. The summed E-state index contributed by atoms with van der Waals surface area (Å²) in [7, 11) is -1.12. The van der Waals surface area contributed by atoms with Gasteiger partial charge in [-0.25, -0.2) is 0 Å². The summed E-state index contributed by atoms with van der Waals surface area (Å²) in [6, 6.07) is 10.8. The third kappa shape index (κ3) is 4.80. The minimum atomic E-state index is -1.12. The normalized spacial score (nSPS) is 12.9. The van der Waals surface area contributed by atoms with E-state index in [4.69, 9.17) is 0 Å². The highest BCUT2D eigenvalue weighted by atomic mass is 28.3. The fraction of sp³-hybridized carbons (Fsp3) is 0.467. The van der Waals surface area contributed by atoms with Gasteiger partial charge in [0.15, 0.2) is 0 Å². The molecule has 1 heteroatoms. The van der Waals surface area contributed by atoms with E-state index in [-0.39, 0.29) is 0 Å². The number of allylic oxidation sites excluding steroid dienone is 1. The predicted octanol–water partition coefficient (Wildman–Crippen LogP) is 5.14. The number of hydrogen-bond acceptors (Lipinski definition) is 0. The van der Waals surface area contributed by atoms with Crippen LogP contribution in [0.3, 0.4) is 0 Å². The van der Waals surface area contributed by atoms with E-state index < -0.39 is 8.07 Å². The first-order chi connectivity index (χ1) is 7.53. The van der Waals surface area contributed by atoms with Crippen LogP contribution in [0.2, 0.25) is 19.6 Å². The van der Waals surface area contributed by atoms with E-state index in [1.807, 2.05) is 0 Å². The lowest BCUT2D eigenvalue weighted by molar-refractivity contribution is 0.824. The van der Waals surface area contributed by atoms with E-state index in [2.05, 4.69) is 62.6 Å². The molecule has 0 aliphatic carbocycles. The molecule has 1 rings (SSSR count). The molecule has 0 aliphatic rings. The van der Waals surface area contributed by atoms with Crippen molar-refractivity contribution in [3.63, 3.8) is 0 Å². The van der Waals surface area contributed by atoms with E-state index in [1.165, 1.54) is 24.8 Å². The van der Waals surface area contributed by atoms with Crippen LogP contribution in [0.25, 0.3) is 5.57 Å². The third-order valence-electron chi connectivity index (χ3n) is 2.55. The van der Waals surface area contributed by atoms with Crippen LogP contribution in [-0.2, 0) is 0 Å². The Morgan fingerprint density at radius 1 is 1.12 bits per heavy atom. The number of hydrogen-bond donors (Lipinski definition) is 0. The third-order valence-corrected chi connectivity index (χ3v) is 3.77. The van der Waals surface area contributed by atoms with Gasteiger partial charge >= 0.3 is 0 Å². The molecule has 0 amide bonds. The Hall–Kier alpha value is -0.823. The van der Waals surface area contributed by atoms with E-state index >= 15 is 0 Å². The molecule has 0 aliphatic heterocycles. The molecule has 0 unspecified atom stereocenters. The Labute approximate surface area is 101 Å². The van der Waals surface area contributed by atoms with Crippen LogP contribution in [0.5, 0.6) is 0 Å². The second-order valence-corrected chi connectivity index (χ2v) is 10.5. The van der Waals surface area contributed by atoms with Crippen LogP contribution in [0.4, 0.5) is 0 Å². The van der Waals surface area contributed by atoms with Gasteiger partial charge in [-0.05, 0) is 24.0 Å². The molecule has 0 nitrogen and oxygen atoms in total. The van der Waals surface area contributed by atoms with Crippen molar-refractivity contribution in [3.05, 3.63) is 41.6 Å². The van der Waals surface area contributed by atoms with E-state index in [9.17, 15) is 0 Å². The largest absolute Gasteiger partial charge is 0.0913 e. The Morgan fingerprint density at radius 3 is 2.25 bits per heavy atom. The van der Waals surface area contributed by atoms with Crippen molar-refractivity contribution < 1.29 is 0 Å². The Bertz CT molecular complexity index is 330. The predicted molar refractivity (Wildman–Crippen MR) is 77.3 cm³/mol. The number of rotatable bonds is 5. The Balaban J connectivity index is 2.92. The maximum absolute atomic E-state index is 2.55. The zero-order valence-electron chi connectivity index (χ0n) is 11.1. The summed E-state index contributed by atoms with van der Waals surface area (Å²) in [5.41, 5.74) is 5.53. The summed E-state index contributed by atoms with van der Waals surface area (Å²) < 4.78 is 0. The first kappa shape index (κ1) is 13.2. The lowest BCUT2D eigenvalue weighted by Crippen LogP contribution is -2.16. The second-order valence-electron chi connectivity index (χ2n) is 5.51. The van der Waals surface area contributed by atoms with Gasteiger partial charge in [0.05, 0.1) is 8.07 Å². The van der Waals surface area contributed by atoms with Crippen molar-refractivity contribution in [1.82, 2.24) is 0 Å². The fourth-order valence-corrected chi connectivity index (χ4v) is 3.20. The minimum absolute atomic E-state index is 1.12. The molecule has 0 heterocycles. The standard InChI is InChI=1S/C15H24Si/c1-5-6-10-15(13-16(2,3)4)14-11-8-7-9-12-14/h7-9,11-13H,5-6,10H2,1-4H3/b15-13+. The summed E-state index contributed by atoms with van der Waals surface area (Å²) in [4.78, 5) is 0. The van der Waals surface area contributed by atoms with Gasteiger partial charge in [0.25, 0.3) is 0 Å². The molecular formula is C15H24Si. The van der Waals surface area contributed by atoms with Crippen molar-refractivity contribution in [1.29, 1.82) is 0 Å². The van der Waals surface area contributed by atoms with Crippen LogP contribution in [0.15, 0.2) is 36.0 Å². The smallest absolute Gasteiger partial charge is 0.0690 e. The SMILES string of the molecule is CCCC/C(=C\[Si](C)(C)C)c1ccccc1.